The van der Waals surface area contributed by atoms with E-state index in [9.17, 15) is 9.59 Å². The van der Waals surface area contributed by atoms with Crippen molar-refractivity contribution in [3.8, 4) is 12.3 Å². The fraction of sp³-hybridized carbons (Fsp3) is 0.348. The monoisotopic (exact) mass is 377 g/mol. The quantitative estimate of drug-likeness (QED) is 0.833. The molecule has 5 nitrogen and oxygen atoms in total. The van der Waals surface area contributed by atoms with Crippen LogP contribution in [0.15, 0.2) is 54.9 Å². The molecule has 1 saturated carbocycles. The smallest absolute Gasteiger partial charge is 0.255 e. The number of hydrogen-bond donors (Lipinski definition) is 1. The molecular weight excluding hydrogens is 350 g/mol. The van der Waals surface area contributed by atoms with Crippen molar-refractivity contribution < 1.29 is 9.59 Å². The van der Waals surface area contributed by atoms with Crippen molar-refractivity contribution in [2.45, 2.75) is 32.2 Å². The van der Waals surface area contributed by atoms with Gasteiger partial charge in [-0.05, 0) is 50.5 Å². The van der Waals surface area contributed by atoms with E-state index in [1.807, 2.05) is 37.3 Å². The van der Waals surface area contributed by atoms with Crippen molar-refractivity contribution in [1.82, 2.24) is 15.2 Å². The van der Waals surface area contributed by atoms with E-state index in [1.165, 1.54) is 0 Å². The first-order valence-electron chi connectivity index (χ1n) is 9.54. The Labute approximate surface area is 167 Å². The molecular formula is C23H27N3O2. The van der Waals surface area contributed by atoms with Gasteiger partial charge in [-0.15, -0.1) is 6.42 Å². The lowest BCUT2D eigenvalue weighted by molar-refractivity contribution is -0.124. The first-order chi connectivity index (χ1) is 13.6. The topological polar surface area (TPSA) is 62.3 Å². The van der Waals surface area contributed by atoms with E-state index < -0.39 is 0 Å². The minimum Gasteiger partial charge on any atom is -0.356 e. The fourth-order valence-electron chi connectivity index (χ4n) is 3.33. The highest BCUT2D eigenvalue weighted by molar-refractivity contribution is 5.96. The summed E-state index contributed by atoms with van der Waals surface area (Å²) in [6.45, 7) is 2.56. The number of carbonyl (C=O) groups is 2. The summed E-state index contributed by atoms with van der Waals surface area (Å²) in [6.07, 6.45) is 11.4. The van der Waals surface area contributed by atoms with E-state index in [2.05, 4.69) is 16.2 Å². The molecule has 0 saturated heterocycles. The van der Waals surface area contributed by atoms with Gasteiger partial charge in [0.1, 0.15) is 0 Å². The zero-order chi connectivity index (χ0) is 20.4. The van der Waals surface area contributed by atoms with E-state index in [1.54, 1.807) is 36.5 Å². The van der Waals surface area contributed by atoms with Gasteiger partial charge in [-0.3, -0.25) is 14.6 Å². The molecule has 28 heavy (non-hydrogen) atoms. The first kappa shape index (κ1) is 21.2. The minimum absolute atomic E-state index is 0.00285. The van der Waals surface area contributed by atoms with Crippen molar-refractivity contribution >= 4 is 11.8 Å². The van der Waals surface area contributed by atoms with Crippen molar-refractivity contribution in [1.29, 1.82) is 0 Å². The summed E-state index contributed by atoms with van der Waals surface area (Å²) in [5, 5.41) is 2.86. The molecule has 0 bridgehead atoms. The Morgan fingerprint density at radius 1 is 1.18 bits per heavy atom. The number of carbonyl (C=O) groups excluding carboxylic acids is 2. The normalized spacial score (nSPS) is 17.6. The van der Waals surface area contributed by atoms with Gasteiger partial charge in [-0.1, -0.05) is 24.1 Å². The molecule has 1 aliphatic carbocycles. The molecule has 2 atom stereocenters. The molecule has 2 aromatic rings. The summed E-state index contributed by atoms with van der Waals surface area (Å²) in [4.78, 5) is 30.1. The Hall–Kier alpha value is -3.13. The lowest BCUT2D eigenvalue weighted by atomic mass is 10.0. The van der Waals surface area contributed by atoms with Gasteiger partial charge in [0.2, 0.25) is 5.91 Å². The Kier molecular flexibility index (Phi) is 8.23. The highest BCUT2D eigenvalue weighted by atomic mass is 16.2. The average molecular weight is 377 g/mol. The van der Waals surface area contributed by atoms with Gasteiger partial charge in [0, 0.05) is 43.5 Å². The van der Waals surface area contributed by atoms with E-state index in [-0.39, 0.29) is 23.8 Å². The van der Waals surface area contributed by atoms with Gasteiger partial charge in [0.15, 0.2) is 0 Å². The number of benzene rings is 1. The van der Waals surface area contributed by atoms with Crippen LogP contribution in [0.3, 0.4) is 0 Å². The SMILES string of the molecule is C#Cc1ccccc1C(=O)N(C)[C@@H]1CC[C@H](C(=O)NCC)C1.c1ccncc1. The van der Waals surface area contributed by atoms with Crippen LogP contribution in [0.25, 0.3) is 0 Å². The standard InChI is InChI=1S/C18H22N2O2.C5H5N/c1-4-13-8-6-7-9-16(13)18(22)20(3)15-11-10-14(12-15)17(21)19-5-2;1-2-4-6-5-3-1/h1,6-9,14-15H,5,10-12H2,2-3H3,(H,19,21);1-5H/t14-,15+;/m0./s1. The lowest BCUT2D eigenvalue weighted by Gasteiger charge is -2.25. The molecule has 0 spiro atoms. The Morgan fingerprint density at radius 2 is 1.89 bits per heavy atom. The molecule has 146 valence electrons. The van der Waals surface area contributed by atoms with Gasteiger partial charge in [0.25, 0.3) is 5.91 Å². The minimum atomic E-state index is -0.0740. The summed E-state index contributed by atoms with van der Waals surface area (Å²) < 4.78 is 0. The number of nitrogens with one attached hydrogen (secondary N) is 1. The Bertz CT molecular complexity index is 787. The molecule has 1 heterocycles. The zero-order valence-electron chi connectivity index (χ0n) is 16.5. The third-order valence-electron chi connectivity index (χ3n) is 4.87. The van der Waals surface area contributed by atoms with Gasteiger partial charge in [0.05, 0.1) is 5.56 Å². The second-order valence-electron chi connectivity index (χ2n) is 6.69. The summed E-state index contributed by atoms with van der Waals surface area (Å²) in [7, 11) is 1.79. The van der Waals surface area contributed by atoms with Crippen LogP contribution in [-0.2, 0) is 4.79 Å². The van der Waals surface area contributed by atoms with Crippen molar-refractivity contribution in [3.63, 3.8) is 0 Å². The van der Waals surface area contributed by atoms with E-state index in [4.69, 9.17) is 6.42 Å². The molecule has 5 heteroatoms. The van der Waals surface area contributed by atoms with Crippen LogP contribution >= 0.6 is 0 Å². The highest BCUT2D eigenvalue weighted by Gasteiger charge is 2.34. The Balaban J connectivity index is 0.000000397. The maximum Gasteiger partial charge on any atom is 0.255 e. The summed E-state index contributed by atoms with van der Waals surface area (Å²) in [5.41, 5.74) is 1.16. The largest absolute Gasteiger partial charge is 0.356 e. The van der Waals surface area contributed by atoms with Crippen LogP contribution in [0.2, 0.25) is 0 Å². The second-order valence-corrected chi connectivity index (χ2v) is 6.69. The average Bonchev–Trinajstić information content (AvgIpc) is 3.25. The van der Waals surface area contributed by atoms with Gasteiger partial charge in [-0.2, -0.15) is 0 Å². The molecule has 0 radical (unpaired) electrons. The molecule has 1 aromatic carbocycles. The van der Waals surface area contributed by atoms with Crippen LogP contribution in [0.5, 0.6) is 0 Å². The van der Waals surface area contributed by atoms with Gasteiger partial charge < -0.3 is 10.2 Å². The molecule has 1 fully saturated rings. The first-order valence-corrected chi connectivity index (χ1v) is 9.54. The Morgan fingerprint density at radius 3 is 2.46 bits per heavy atom. The van der Waals surface area contributed by atoms with Crippen molar-refractivity contribution in [2.24, 2.45) is 5.92 Å². The number of hydrogen-bond acceptors (Lipinski definition) is 3. The molecule has 1 aliphatic rings. The number of pyridine rings is 1. The predicted octanol–water partition coefficient (Wildman–Crippen LogP) is 3.13. The highest BCUT2D eigenvalue weighted by Crippen LogP contribution is 2.30. The van der Waals surface area contributed by atoms with Crippen LogP contribution in [-0.4, -0.2) is 41.3 Å². The fourth-order valence-corrected chi connectivity index (χ4v) is 3.33. The molecule has 1 aromatic heterocycles. The van der Waals surface area contributed by atoms with Crippen LogP contribution in [0.4, 0.5) is 0 Å². The van der Waals surface area contributed by atoms with E-state index in [0.717, 1.165) is 12.8 Å². The summed E-state index contributed by atoms with van der Waals surface area (Å²) in [5.74, 6) is 2.58. The number of nitrogens with zero attached hydrogens (tertiary/aromatic N) is 2. The number of amides is 2. The molecule has 0 aliphatic heterocycles. The maximum atomic E-state index is 12.6. The van der Waals surface area contributed by atoms with Crippen LogP contribution < -0.4 is 5.32 Å². The van der Waals surface area contributed by atoms with E-state index >= 15 is 0 Å². The lowest BCUT2D eigenvalue weighted by Crippen LogP contribution is -2.37. The number of rotatable bonds is 4. The molecule has 0 unspecified atom stereocenters. The maximum absolute atomic E-state index is 12.6. The summed E-state index contributed by atoms with van der Waals surface area (Å²) in [6, 6.07) is 13.0. The van der Waals surface area contributed by atoms with Gasteiger partial charge >= 0.3 is 0 Å². The summed E-state index contributed by atoms with van der Waals surface area (Å²) >= 11 is 0. The van der Waals surface area contributed by atoms with Crippen molar-refractivity contribution in [2.75, 3.05) is 13.6 Å². The molecule has 3 rings (SSSR count). The molecule has 1 N–H and O–H groups in total. The van der Waals surface area contributed by atoms with Crippen LogP contribution in [0, 0.1) is 18.3 Å². The third-order valence-corrected chi connectivity index (χ3v) is 4.87. The predicted molar refractivity (Wildman–Crippen MR) is 111 cm³/mol. The number of aromatic nitrogens is 1. The van der Waals surface area contributed by atoms with Gasteiger partial charge in [-0.25, -0.2) is 0 Å². The molecule has 2 amide bonds. The van der Waals surface area contributed by atoms with Crippen molar-refractivity contribution in [3.05, 3.63) is 66.0 Å². The third kappa shape index (κ3) is 5.68. The van der Waals surface area contributed by atoms with Crippen LogP contribution in [0.1, 0.15) is 42.1 Å². The van der Waals surface area contributed by atoms with E-state index in [0.29, 0.717) is 24.1 Å². The zero-order valence-corrected chi connectivity index (χ0v) is 16.5. The number of terminal acetylenes is 1. The second kappa shape index (κ2) is 10.9.